The average Bonchev–Trinajstić information content (AvgIpc) is 2.98. The fraction of sp³-hybridized carbons (Fsp3) is 0.600. The number of nitrogens with zero attached hydrogens (tertiary/aromatic N) is 1. The molecule has 1 saturated carbocycles. The molecule has 1 aromatic rings. The van der Waals surface area contributed by atoms with Crippen LogP contribution in [0.5, 0.6) is 0 Å². The van der Waals surface area contributed by atoms with E-state index in [1.807, 2.05) is 0 Å². The van der Waals surface area contributed by atoms with Gasteiger partial charge in [0.1, 0.15) is 12.1 Å². The number of ether oxygens (including phenoxy) is 1. The van der Waals surface area contributed by atoms with Crippen molar-refractivity contribution in [2.75, 3.05) is 11.9 Å². The standard InChI is InChI=1S/C25H35N3O5/c1-6-24(4,5)18-11-13-25(14-12-18)22(31)28(23(32)27-25)15-20(29)26-19-9-7-17(8-10-19)21(30)33-16(2)3/h7-10,16,18H,6,11-15H2,1-5H3,(H,26,29)(H,27,32). The summed E-state index contributed by atoms with van der Waals surface area (Å²) in [7, 11) is 0. The summed E-state index contributed by atoms with van der Waals surface area (Å²) in [4.78, 5) is 51.2. The van der Waals surface area contributed by atoms with Crippen molar-refractivity contribution in [3.63, 3.8) is 0 Å². The second kappa shape index (κ2) is 9.53. The van der Waals surface area contributed by atoms with Gasteiger partial charge in [-0.15, -0.1) is 0 Å². The number of nitrogens with one attached hydrogen (secondary N) is 2. The summed E-state index contributed by atoms with van der Waals surface area (Å²) in [5.41, 5.74) is 0.147. The van der Waals surface area contributed by atoms with Gasteiger partial charge in [-0.25, -0.2) is 9.59 Å². The Morgan fingerprint density at radius 2 is 1.79 bits per heavy atom. The highest BCUT2D eigenvalue weighted by atomic mass is 16.5. The fourth-order valence-corrected chi connectivity index (χ4v) is 4.66. The van der Waals surface area contributed by atoms with Gasteiger partial charge in [0.2, 0.25) is 5.91 Å². The van der Waals surface area contributed by atoms with Crippen LogP contribution in [-0.2, 0) is 14.3 Å². The molecule has 1 heterocycles. The first-order chi connectivity index (χ1) is 15.5. The summed E-state index contributed by atoms with van der Waals surface area (Å²) in [6.07, 6.45) is 3.78. The first-order valence-corrected chi connectivity index (χ1v) is 11.7. The number of carbonyl (C=O) groups excluding carboxylic acids is 4. The minimum Gasteiger partial charge on any atom is -0.459 e. The molecule has 180 valence electrons. The highest BCUT2D eigenvalue weighted by molar-refractivity contribution is 6.10. The molecule has 0 unspecified atom stereocenters. The Labute approximate surface area is 195 Å². The van der Waals surface area contributed by atoms with Crippen molar-refractivity contribution in [1.82, 2.24) is 10.2 Å². The number of carbonyl (C=O) groups is 4. The number of anilines is 1. The second-order valence-electron chi connectivity index (χ2n) is 10.1. The molecule has 2 aliphatic rings. The Kier molecular flexibility index (Phi) is 7.14. The molecular formula is C25H35N3O5. The lowest BCUT2D eigenvalue weighted by Crippen LogP contribution is -2.51. The van der Waals surface area contributed by atoms with E-state index >= 15 is 0 Å². The van der Waals surface area contributed by atoms with Crippen LogP contribution in [0.15, 0.2) is 24.3 Å². The van der Waals surface area contributed by atoms with Gasteiger partial charge in [-0.1, -0.05) is 27.2 Å². The van der Waals surface area contributed by atoms with Crippen molar-refractivity contribution in [1.29, 1.82) is 0 Å². The van der Waals surface area contributed by atoms with Gasteiger partial charge in [0.25, 0.3) is 5.91 Å². The van der Waals surface area contributed by atoms with E-state index in [4.69, 9.17) is 4.74 Å². The van der Waals surface area contributed by atoms with Gasteiger partial charge < -0.3 is 15.4 Å². The van der Waals surface area contributed by atoms with E-state index in [1.165, 1.54) is 0 Å². The first-order valence-electron chi connectivity index (χ1n) is 11.7. The van der Waals surface area contributed by atoms with Crippen LogP contribution >= 0.6 is 0 Å². The Bertz CT molecular complexity index is 914. The normalized spacial score (nSPS) is 23.1. The fourth-order valence-electron chi connectivity index (χ4n) is 4.66. The zero-order valence-electron chi connectivity index (χ0n) is 20.2. The highest BCUT2D eigenvalue weighted by Gasteiger charge is 2.53. The summed E-state index contributed by atoms with van der Waals surface area (Å²) in [5, 5.41) is 5.55. The van der Waals surface area contributed by atoms with Crippen LogP contribution in [0.4, 0.5) is 10.5 Å². The van der Waals surface area contributed by atoms with Crippen LogP contribution < -0.4 is 10.6 Å². The number of urea groups is 1. The lowest BCUT2D eigenvalue weighted by atomic mass is 9.65. The minimum atomic E-state index is -0.893. The van der Waals surface area contributed by atoms with Crippen molar-refractivity contribution >= 4 is 29.5 Å². The average molecular weight is 458 g/mol. The predicted octanol–water partition coefficient (Wildman–Crippen LogP) is 4.11. The van der Waals surface area contributed by atoms with Crippen molar-refractivity contribution in [2.45, 2.75) is 78.4 Å². The molecule has 1 spiro atoms. The van der Waals surface area contributed by atoms with Gasteiger partial charge in [-0.2, -0.15) is 0 Å². The van der Waals surface area contributed by atoms with Crippen LogP contribution in [0.25, 0.3) is 0 Å². The third-order valence-corrected chi connectivity index (χ3v) is 7.15. The molecule has 1 aliphatic heterocycles. The number of rotatable bonds is 7. The molecule has 1 aliphatic carbocycles. The van der Waals surface area contributed by atoms with E-state index in [9.17, 15) is 19.2 Å². The summed E-state index contributed by atoms with van der Waals surface area (Å²) >= 11 is 0. The third-order valence-electron chi connectivity index (χ3n) is 7.15. The number of imide groups is 1. The Hall–Kier alpha value is -2.90. The lowest BCUT2D eigenvalue weighted by molar-refractivity contribution is -0.135. The Balaban J connectivity index is 1.58. The van der Waals surface area contributed by atoms with Crippen LogP contribution in [0, 0.1) is 11.3 Å². The van der Waals surface area contributed by atoms with Crippen LogP contribution in [0.3, 0.4) is 0 Å². The summed E-state index contributed by atoms with van der Waals surface area (Å²) in [5.74, 6) is -0.725. The van der Waals surface area contributed by atoms with E-state index in [0.717, 1.165) is 24.2 Å². The smallest absolute Gasteiger partial charge is 0.338 e. The van der Waals surface area contributed by atoms with Crippen molar-refractivity contribution < 1.29 is 23.9 Å². The van der Waals surface area contributed by atoms with Gasteiger partial charge in [-0.3, -0.25) is 14.5 Å². The lowest BCUT2D eigenvalue weighted by Gasteiger charge is -2.42. The quantitative estimate of drug-likeness (QED) is 0.474. The molecule has 2 fully saturated rings. The maximum absolute atomic E-state index is 13.1. The summed E-state index contributed by atoms with van der Waals surface area (Å²) in [6.45, 7) is 9.86. The topological polar surface area (TPSA) is 105 Å². The summed E-state index contributed by atoms with van der Waals surface area (Å²) < 4.78 is 5.14. The SMILES string of the molecule is CCC(C)(C)C1CCC2(CC1)NC(=O)N(CC(=O)Nc1ccc(C(=O)OC(C)C)cc1)C2=O. The molecule has 2 N–H and O–H groups in total. The molecule has 1 aromatic carbocycles. The Morgan fingerprint density at radius 1 is 1.18 bits per heavy atom. The van der Waals surface area contributed by atoms with Crippen LogP contribution in [0.1, 0.15) is 77.1 Å². The van der Waals surface area contributed by atoms with Gasteiger partial charge in [0.05, 0.1) is 11.7 Å². The third kappa shape index (κ3) is 5.37. The van der Waals surface area contributed by atoms with Gasteiger partial charge >= 0.3 is 12.0 Å². The maximum atomic E-state index is 13.1. The monoisotopic (exact) mass is 457 g/mol. The largest absolute Gasteiger partial charge is 0.459 e. The van der Waals surface area contributed by atoms with Crippen molar-refractivity contribution in [2.24, 2.45) is 11.3 Å². The summed E-state index contributed by atoms with van der Waals surface area (Å²) in [6, 6.07) is 5.76. The van der Waals surface area contributed by atoms with E-state index < -0.39 is 23.4 Å². The van der Waals surface area contributed by atoms with Crippen molar-refractivity contribution in [3.05, 3.63) is 29.8 Å². The molecular weight excluding hydrogens is 422 g/mol. The number of benzene rings is 1. The molecule has 8 heteroatoms. The molecule has 0 atom stereocenters. The van der Waals surface area contributed by atoms with Gasteiger partial charge in [-0.05, 0) is 75.1 Å². The molecule has 3 rings (SSSR count). The molecule has 8 nitrogen and oxygen atoms in total. The van der Waals surface area contributed by atoms with E-state index in [2.05, 4.69) is 31.4 Å². The highest BCUT2D eigenvalue weighted by Crippen LogP contribution is 2.45. The number of amides is 4. The predicted molar refractivity (Wildman–Crippen MR) is 125 cm³/mol. The maximum Gasteiger partial charge on any atom is 0.338 e. The van der Waals surface area contributed by atoms with Crippen LogP contribution in [0.2, 0.25) is 0 Å². The van der Waals surface area contributed by atoms with Gasteiger partial charge in [0, 0.05) is 5.69 Å². The van der Waals surface area contributed by atoms with E-state index in [1.54, 1.807) is 38.1 Å². The molecule has 33 heavy (non-hydrogen) atoms. The molecule has 0 radical (unpaired) electrons. The number of esters is 1. The zero-order valence-corrected chi connectivity index (χ0v) is 20.2. The minimum absolute atomic E-state index is 0.202. The first kappa shape index (κ1) is 24.7. The van der Waals surface area contributed by atoms with Crippen molar-refractivity contribution in [3.8, 4) is 0 Å². The number of hydrogen-bond donors (Lipinski definition) is 2. The van der Waals surface area contributed by atoms with Crippen LogP contribution in [-0.4, -0.2) is 46.9 Å². The number of hydrogen-bond acceptors (Lipinski definition) is 5. The molecule has 4 amide bonds. The Morgan fingerprint density at radius 3 is 2.33 bits per heavy atom. The molecule has 0 aromatic heterocycles. The molecule has 0 bridgehead atoms. The van der Waals surface area contributed by atoms with Gasteiger partial charge in [0.15, 0.2) is 0 Å². The van der Waals surface area contributed by atoms with E-state index in [-0.39, 0.29) is 24.0 Å². The van der Waals surface area contributed by atoms with E-state index in [0.29, 0.717) is 30.0 Å². The second-order valence-corrected chi connectivity index (χ2v) is 10.1. The zero-order chi connectivity index (χ0) is 24.4. The molecule has 1 saturated heterocycles.